The van der Waals surface area contributed by atoms with Crippen LogP contribution in [0.4, 0.5) is 0 Å². The minimum atomic E-state index is -1.49. The Balaban J connectivity index is 2.59. The number of ether oxygens (including phenoxy) is 1. The summed E-state index contributed by atoms with van der Waals surface area (Å²) in [7, 11) is -1.49. The van der Waals surface area contributed by atoms with E-state index in [2.05, 4.69) is 19.6 Å². The summed E-state index contributed by atoms with van der Waals surface area (Å²) in [5.41, 5.74) is 0.575. The van der Waals surface area contributed by atoms with Gasteiger partial charge >= 0.3 is 5.97 Å². The third kappa shape index (κ3) is 4.83. The maximum atomic E-state index is 12.0. The van der Waals surface area contributed by atoms with Gasteiger partial charge in [0.1, 0.15) is 0 Å². The van der Waals surface area contributed by atoms with Crippen LogP contribution in [-0.4, -0.2) is 25.9 Å². The Labute approximate surface area is 109 Å². The van der Waals surface area contributed by atoms with Crippen molar-refractivity contribution in [3.05, 3.63) is 35.9 Å². The minimum Gasteiger partial charge on any atom is -0.454 e. The second-order valence-electron chi connectivity index (χ2n) is 5.60. The fourth-order valence-corrected chi connectivity index (χ4v) is 2.51. The molecule has 1 rings (SSSR count). The SMILES string of the molecule is CC(OC(=O)C[Si](C)(C)C)C(=O)c1ccccc1. The number of hydrogen-bond acceptors (Lipinski definition) is 3. The predicted molar refractivity (Wildman–Crippen MR) is 74.5 cm³/mol. The van der Waals surface area contributed by atoms with E-state index in [9.17, 15) is 9.59 Å². The molecule has 1 aromatic rings. The number of esters is 1. The zero-order valence-electron chi connectivity index (χ0n) is 11.4. The molecule has 0 radical (unpaired) electrons. The minimum absolute atomic E-state index is 0.153. The molecule has 0 aliphatic carbocycles. The molecule has 0 saturated heterocycles. The normalized spacial score (nSPS) is 12.9. The van der Waals surface area contributed by atoms with Gasteiger partial charge in [-0.1, -0.05) is 50.0 Å². The molecule has 1 aromatic carbocycles. The van der Waals surface area contributed by atoms with Crippen LogP contribution in [0.15, 0.2) is 30.3 Å². The van der Waals surface area contributed by atoms with E-state index in [-0.39, 0.29) is 11.8 Å². The summed E-state index contributed by atoms with van der Waals surface area (Å²) in [6, 6.07) is 9.34. The Morgan fingerprint density at radius 3 is 2.22 bits per heavy atom. The van der Waals surface area contributed by atoms with Crippen LogP contribution in [0.25, 0.3) is 0 Å². The monoisotopic (exact) mass is 264 g/mol. The smallest absolute Gasteiger partial charge is 0.303 e. The van der Waals surface area contributed by atoms with Gasteiger partial charge in [0.15, 0.2) is 6.10 Å². The first-order valence-electron chi connectivity index (χ1n) is 6.08. The Kier molecular flexibility index (Phi) is 4.84. The third-order valence-corrected chi connectivity index (χ3v) is 3.76. The van der Waals surface area contributed by atoms with Crippen LogP contribution in [0.2, 0.25) is 25.7 Å². The molecular formula is C14H20O3Si. The first-order chi connectivity index (χ1) is 8.29. The number of carbonyl (C=O) groups is 2. The number of carbonyl (C=O) groups excluding carboxylic acids is 2. The van der Waals surface area contributed by atoms with Gasteiger partial charge in [-0.3, -0.25) is 9.59 Å². The van der Waals surface area contributed by atoms with Crippen LogP contribution in [0.3, 0.4) is 0 Å². The number of Topliss-reactive ketones (excluding diaryl/α,β-unsaturated/α-hetero) is 1. The van der Waals surface area contributed by atoms with Gasteiger partial charge in [-0.25, -0.2) is 0 Å². The Morgan fingerprint density at radius 2 is 1.72 bits per heavy atom. The van der Waals surface area contributed by atoms with Gasteiger partial charge in [0, 0.05) is 11.6 Å². The number of rotatable bonds is 5. The molecule has 0 aliphatic rings. The van der Waals surface area contributed by atoms with Crippen molar-refractivity contribution in [2.75, 3.05) is 0 Å². The molecule has 1 atom stereocenters. The van der Waals surface area contributed by atoms with Crippen LogP contribution >= 0.6 is 0 Å². The van der Waals surface area contributed by atoms with E-state index in [4.69, 9.17) is 4.74 Å². The summed E-state index contributed by atoms with van der Waals surface area (Å²) in [5, 5.41) is 0. The second-order valence-corrected chi connectivity index (χ2v) is 11.1. The first kappa shape index (κ1) is 14.6. The number of ketones is 1. The Hall–Kier alpha value is -1.42. The van der Waals surface area contributed by atoms with E-state index < -0.39 is 14.2 Å². The van der Waals surface area contributed by atoms with Crippen LogP contribution in [0.1, 0.15) is 17.3 Å². The zero-order valence-corrected chi connectivity index (χ0v) is 12.4. The molecule has 98 valence electrons. The molecule has 18 heavy (non-hydrogen) atoms. The standard InChI is InChI=1S/C14H20O3Si/c1-11(17-13(15)10-18(2,3)4)14(16)12-8-6-5-7-9-12/h5-9,11H,10H2,1-4H3. The largest absolute Gasteiger partial charge is 0.454 e. The van der Waals surface area contributed by atoms with Gasteiger partial charge in [0.2, 0.25) is 5.78 Å². The Bertz CT molecular complexity index is 420. The maximum Gasteiger partial charge on any atom is 0.303 e. The van der Waals surface area contributed by atoms with E-state index in [1.54, 1.807) is 31.2 Å². The molecule has 0 spiro atoms. The van der Waals surface area contributed by atoms with Crippen molar-refractivity contribution in [1.29, 1.82) is 0 Å². The summed E-state index contributed by atoms with van der Waals surface area (Å²) < 4.78 is 5.19. The summed E-state index contributed by atoms with van der Waals surface area (Å²) >= 11 is 0. The van der Waals surface area contributed by atoms with E-state index in [1.807, 2.05) is 6.07 Å². The van der Waals surface area contributed by atoms with Crippen molar-refractivity contribution >= 4 is 19.8 Å². The van der Waals surface area contributed by atoms with Crippen molar-refractivity contribution in [3.63, 3.8) is 0 Å². The fourth-order valence-electron chi connectivity index (χ4n) is 1.56. The molecule has 0 saturated carbocycles. The predicted octanol–water partition coefficient (Wildman–Crippen LogP) is 3.14. The molecule has 0 aromatic heterocycles. The molecule has 0 heterocycles. The molecule has 0 aliphatic heterocycles. The lowest BCUT2D eigenvalue weighted by molar-refractivity contribution is -0.143. The molecule has 1 unspecified atom stereocenters. The highest BCUT2D eigenvalue weighted by Gasteiger charge is 2.23. The summed E-state index contributed by atoms with van der Waals surface area (Å²) in [4.78, 5) is 23.6. The van der Waals surface area contributed by atoms with E-state index >= 15 is 0 Å². The highest BCUT2D eigenvalue weighted by atomic mass is 28.3. The van der Waals surface area contributed by atoms with Crippen molar-refractivity contribution < 1.29 is 14.3 Å². The molecule has 3 nitrogen and oxygen atoms in total. The van der Waals surface area contributed by atoms with E-state index in [1.165, 1.54) is 0 Å². The highest BCUT2D eigenvalue weighted by Crippen LogP contribution is 2.12. The average molecular weight is 264 g/mol. The average Bonchev–Trinajstić information content (AvgIpc) is 2.26. The Morgan fingerprint density at radius 1 is 1.17 bits per heavy atom. The summed E-state index contributed by atoms with van der Waals surface area (Å²) in [6.07, 6.45) is -0.712. The molecule has 4 heteroatoms. The highest BCUT2D eigenvalue weighted by molar-refractivity contribution is 6.78. The van der Waals surface area contributed by atoms with Crippen molar-refractivity contribution in [2.24, 2.45) is 0 Å². The van der Waals surface area contributed by atoms with Gasteiger partial charge < -0.3 is 4.74 Å². The molecule has 0 amide bonds. The summed E-state index contributed by atoms with van der Waals surface area (Å²) in [6.45, 7) is 7.91. The summed E-state index contributed by atoms with van der Waals surface area (Å²) in [5.74, 6) is -0.425. The van der Waals surface area contributed by atoms with E-state index in [0.29, 0.717) is 11.6 Å². The third-order valence-electron chi connectivity index (χ3n) is 2.41. The van der Waals surface area contributed by atoms with Gasteiger partial charge in [-0.2, -0.15) is 0 Å². The van der Waals surface area contributed by atoms with Crippen LogP contribution in [0, 0.1) is 0 Å². The van der Waals surface area contributed by atoms with Crippen LogP contribution < -0.4 is 0 Å². The molecule has 0 bridgehead atoms. The number of hydrogen-bond donors (Lipinski definition) is 0. The van der Waals surface area contributed by atoms with Crippen LogP contribution in [-0.2, 0) is 9.53 Å². The molecular weight excluding hydrogens is 244 g/mol. The van der Waals surface area contributed by atoms with E-state index in [0.717, 1.165) is 0 Å². The quantitative estimate of drug-likeness (QED) is 0.466. The maximum absolute atomic E-state index is 12.0. The first-order valence-corrected chi connectivity index (χ1v) is 9.79. The topological polar surface area (TPSA) is 43.4 Å². The molecule has 0 N–H and O–H groups in total. The fraction of sp³-hybridized carbons (Fsp3) is 0.429. The van der Waals surface area contributed by atoms with Crippen molar-refractivity contribution in [1.82, 2.24) is 0 Å². The lowest BCUT2D eigenvalue weighted by atomic mass is 10.1. The van der Waals surface area contributed by atoms with Crippen LogP contribution in [0.5, 0.6) is 0 Å². The number of benzene rings is 1. The zero-order chi connectivity index (χ0) is 13.8. The second kappa shape index (κ2) is 5.95. The lowest BCUT2D eigenvalue weighted by Crippen LogP contribution is -2.30. The van der Waals surface area contributed by atoms with Crippen molar-refractivity contribution in [2.45, 2.75) is 38.7 Å². The molecule has 0 fully saturated rings. The van der Waals surface area contributed by atoms with Gasteiger partial charge in [-0.15, -0.1) is 0 Å². The lowest BCUT2D eigenvalue weighted by Gasteiger charge is -2.17. The van der Waals surface area contributed by atoms with Gasteiger partial charge in [0.25, 0.3) is 0 Å². The van der Waals surface area contributed by atoms with Gasteiger partial charge in [-0.05, 0) is 6.92 Å². The van der Waals surface area contributed by atoms with Crippen molar-refractivity contribution in [3.8, 4) is 0 Å². The van der Waals surface area contributed by atoms with Gasteiger partial charge in [0.05, 0.1) is 8.07 Å².